The third-order valence-corrected chi connectivity index (χ3v) is 7.22. The number of anilines is 1. The summed E-state index contributed by atoms with van der Waals surface area (Å²) < 4.78 is 15.2. The molecule has 0 atom stereocenters. The molecular weight excluding hydrogens is 528 g/mol. The number of methoxy groups -OCH3 is 2. The number of nitrogens with zero attached hydrogens (tertiary/aromatic N) is 5. The number of nitrogen functional groups attached to an aromatic ring is 1. The Morgan fingerprint density at radius 1 is 0.690 bits per heavy atom. The number of hydrogen-bond donors (Lipinski definition) is 1. The smallest absolute Gasteiger partial charge is 0.256 e. The molecule has 6 aromatic rings. The summed E-state index contributed by atoms with van der Waals surface area (Å²) in [7, 11) is 4.83. The van der Waals surface area contributed by atoms with Crippen molar-refractivity contribution >= 4 is 33.2 Å². The predicted molar refractivity (Wildman–Crippen MR) is 167 cm³/mol. The Kier molecular flexibility index (Phi) is 8.19. The number of rotatable bonds is 7. The van der Waals surface area contributed by atoms with Gasteiger partial charge in [0, 0.05) is 38.3 Å². The molecule has 0 radical (unpaired) electrons. The number of benzene rings is 4. The van der Waals surface area contributed by atoms with Crippen LogP contribution in [0.5, 0.6) is 11.5 Å². The topological polar surface area (TPSA) is 100 Å². The Labute approximate surface area is 244 Å². The zero-order chi connectivity index (χ0) is 29.8. The fraction of sp³-hybridized carbons (Fsp3) is 0.212. The van der Waals surface area contributed by atoms with Gasteiger partial charge in [-0.3, -0.25) is 9.36 Å². The van der Waals surface area contributed by atoms with Gasteiger partial charge in [-0.25, -0.2) is 0 Å². The first-order valence-electron chi connectivity index (χ1n) is 13.6. The number of aryl methyl sites for hydroxylation is 2. The van der Waals surface area contributed by atoms with E-state index >= 15 is 0 Å². The van der Waals surface area contributed by atoms with E-state index in [9.17, 15) is 4.91 Å². The average Bonchev–Trinajstić information content (AvgIpc) is 3.48. The van der Waals surface area contributed by atoms with Crippen molar-refractivity contribution in [1.29, 1.82) is 0 Å². The molecule has 214 valence electrons. The lowest BCUT2D eigenvalue weighted by Gasteiger charge is -2.05. The van der Waals surface area contributed by atoms with Gasteiger partial charge in [0.15, 0.2) is 7.05 Å². The van der Waals surface area contributed by atoms with E-state index in [0.29, 0.717) is 12.2 Å². The van der Waals surface area contributed by atoms with Crippen molar-refractivity contribution < 1.29 is 14.2 Å². The molecule has 2 heterocycles. The molecule has 0 saturated carbocycles. The molecule has 0 fully saturated rings. The monoisotopic (exact) mass is 563 g/mol. The zero-order valence-electron chi connectivity index (χ0n) is 24.5. The third kappa shape index (κ3) is 6.10. The molecule has 2 aromatic heterocycles. The number of aromatic nitrogens is 4. The second-order valence-electron chi connectivity index (χ2n) is 10.2. The van der Waals surface area contributed by atoms with E-state index in [1.165, 1.54) is 12.6 Å². The third-order valence-electron chi connectivity index (χ3n) is 7.22. The molecule has 9 nitrogen and oxygen atoms in total. The molecule has 0 bridgehead atoms. The van der Waals surface area contributed by atoms with Crippen molar-refractivity contribution in [2.45, 2.75) is 26.9 Å². The van der Waals surface area contributed by atoms with Crippen LogP contribution in [-0.4, -0.2) is 45.6 Å². The summed E-state index contributed by atoms with van der Waals surface area (Å²) in [5.41, 5.74) is 13.6. The van der Waals surface area contributed by atoms with E-state index < -0.39 is 0 Å². The lowest BCUT2D eigenvalue weighted by atomic mass is 10.2. The Balaban J connectivity index is 0.000000169. The fourth-order valence-electron chi connectivity index (χ4n) is 4.93. The van der Waals surface area contributed by atoms with Crippen molar-refractivity contribution in [3.8, 4) is 11.5 Å². The van der Waals surface area contributed by atoms with Crippen LogP contribution in [0.4, 0.5) is 11.4 Å². The van der Waals surface area contributed by atoms with Gasteiger partial charge in [-0.05, 0) is 73.5 Å². The van der Waals surface area contributed by atoms with Crippen LogP contribution in [0.1, 0.15) is 22.5 Å². The number of ether oxygens (including phenoxy) is 2. The van der Waals surface area contributed by atoms with Gasteiger partial charge in [0.1, 0.15) is 11.5 Å². The lowest BCUT2D eigenvalue weighted by Crippen LogP contribution is -2.01. The molecule has 0 amide bonds. The first-order chi connectivity index (χ1) is 20.2. The maximum absolute atomic E-state index is 11.4. The molecule has 6 rings (SSSR count). The minimum absolute atomic E-state index is 0.639. The summed E-state index contributed by atoms with van der Waals surface area (Å²) in [5, 5.41) is 11.3. The first kappa shape index (κ1) is 28.4. The number of nitroso groups, excluding NO2 is 1. The molecule has 4 aromatic carbocycles. The minimum atomic E-state index is 0.639. The van der Waals surface area contributed by atoms with E-state index in [2.05, 4.69) is 22.3 Å². The van der Waals surface area contributed by atoms with Crippen LogP contribution in [0.15, 0.2) is 84.9 Å². The van der Waals surface area contributed by atoms with Gasteiger partial charge in [-0.15, -0.1) is 0 Å². The summed E-state index contributed by atoms with van der Waals surface area (Å²) in [4.78, 5) is 11.4. The number of fused-ring (bicyclic) bond motifs is 2. The highest BCUT2D eigenvalue weighted by Gasteiger charge is 2.14. The van der Waals surface area contributed by atoms with Crippen molar-refractivity contribution in [2.24, 2.45) is 0 Å². The first-order valence-corrected chi connectivity index (χ1v) is 13.6. The Bertz CT molecular complexity index is 1850. The quantitative estimate of drug-likeness (QED) is 0.178. The van der Waals surface area contributed by atoms with E-state index in [1.807, 2.05) is 96.0 Å². The second kappa shape index (κ2) is 12.1. The average molecular weight is 564 g/mol. The van der Waals surface area contributed by atoms with Crippen molar-refractivity contribution in [3.63, 3.8) is 0 Å². The van der Waals surface area contributed by atoms with Gasteiger partial charge in [0.2, 0.25) is 0 Å². The summed E-state index contributed by atoms with van der Waals surface area (Å²) in [5.74, 6) is 1.71. The molecule has 0 unspecified atom stereocenters. The molecule has 0 aliphatic carbocycles. The standard InChI is InChI=1S/C17H18N3O2.C16H17N3O/c1-12-16-10-14(19(2)21)6-9-17(16)20(18-12)11-13-4-7-15(22-3)8-5-13;1-11-15-9-13(17)5-8-16(15)19(18-11)10-12-3-6-14(20-2)7-4-12/h4-10H,11H2,1-3H3;3-9H,10,17H2,1-2H3/q+1;. The highest BCUT2D eigenvalue weighted by molar-refractivity contribution is 5.85. The summed E-state index contributed by atoms with van der Waals surface area (Å²) in [6.45, 7) is 5.38. The largest absolute Gasteiger partial charge is 0.497 e. The fourth-order valence-corrected chi connectivity index (χ4v) is 4.93. The van der Waals surface area contributed by atoms with Crippen LogP contribution in [0.25, 0.3) is 21.8 Å². The number of nitrogens with two attached hydrogens (primary N) is 1. The lowest BCUT2D eigenvalue weighted by molar-refractivity contribution is -0.428. The van der Waals surface area contributed by atoms with E-state index in [1.54, 1.807) is 14.2 Å². The molecule has 0 spiro atoms. The zero-order valence-corrected chi connectivity index (χ0v) is 24.5. The van der Waals surface area contributed by atoms with E-state index in [4.69, 9.17) is 15.2 Å². The predicted octanol–water partition coefficient (Wildman–Crippen LogP) is 6.43. The molecule has 0 aliphatic rings. The normalized spacial score (nSPS) is 10.9. The van der Waals surface area contributed by atoms with E-state index in [0.717, 1.165) is 67.2 Å². The summed E-state index contributed by atoms with van der Waals surface area (Å²) >= 11 is 0. The van der Waals surface area contributed by atoms with Gasteiger partial charge in [0.25, 0.3) is 5.69 Å². The molecule has 0 aliphatic heterocycles. The van der Waals surface area contributed by atoms with Crippen LogP contribution in [0.2, 0.25) is 0 Å². The van der Waals surface area contributed by atoms with Crippen molar-refractivity contribution in [1.82, 2.24) is 19.6 Å². The van der Waals surface area contributed by atoms with Gasteiger partial charge in [-0.2, -0.15) is 10.2 Å². The van der Waals surface area contributed by atoms with Crippen LogP contribution in [0.3, 0.4) is 0 Å². The van der Waals surface area contributed by atoms with E-state index in [-0.39, 0.29) is 0 Å². The van der Waals surface area contributed by atoms with Gasteiger partial charge < -0.3 is 15.2 Å². The minimum Gasteiger partial charge on any atom is -0.497 e. The highest BCUT2D eigenvalue weighted by atomic mass is 16.5. The van der Waals surface area contributed by atoms with Crippen LogP contribution >= 0.6 is 0 Å². The van der Waals surface area contributed by atoms with Gasteiger partial charge >= 0.3 is 0 Å². The summed E-state index contributed by atoms with van der Waals surface area (Å²) in [6.07, 6.45) is 0. The van der Waals surface area contributed by atoms with Crippen LogP contribution in [0, 0.1) is 18.8 Å². The second-order valence-corrected chi connectivity index (χ2v) is 10.2. The molecule has 9 heteroatoms. The maximum atomic E-state index is 11.4. The van der Waals surface area contributed by atoms with Gasteiger partial charge in [0.05, 0.1) is 49.7 Å². The highest BCUT2D eigenvalue weighted by Crippen LogP contribution is 2.25. The Hall–Kier alpha value is -5.18. The Morgan fingerprint density at radius 2 is 1.14 bits per heavy atom. The van der Waals surface area contributed by atoms with Crippen molar-refractivity contribution in [3.05, 3.63) is 112 Å². The molecule has 0 saturated heterocycles. The summed E-state index contributed by atoms with van der Waals surface area (Å²) in [6, 6.07) is 27.5. The SMILES string of the molecule is COc1ccc(Cn2nc(C)c3cc(N)ccc32)cc1.COc1ccc(Cn2nc(C)c3cc([N+](C)=O)ccc32)cc1. The number of hydrogen-bond acceptors (Lipinski definition) is 6. The Morgan fingerprint density at radius 3 is 1.60 bits per heavy atom. The molecular formula is C33H35N6O3+. The molecule has 42 heavy (non-hydrogen) atoms. The van der Waals surface area contributed by atoms with Crippen LogP contribution < -0.4 is 15.2 Å². The van der Waals surface area contributed by atoms with Gasteiger partial charge in [-0.1, -0.05) is 24.3 Å². The maximum Gasteiger partial charge on any atom is 0.256 e. The molecule has 2 N–H and O–H groups in total. The van der Waals surface area contributed by atoms with Crippen molar-refractivity contribution in [2.75, 3.05) is 27.0 Å². The van der Waals surface area contributed by atoms with Crippen LogP contribution in [-0.2, 0) is 13.1 Å².